The van der Waals surface area contributed by atoms with Crippen LogP contribution < -0.4 is 10.1 Å². The van der Waals surface area contributed by atoms with Crippen molar-refractivity contribution in [3.8, 4) is 5.75 Å². The minimum Gasteiger partial charge on any atom is -0.491 e. The lowest BCUT2D eigenvalue weighted by Gasteiger charge is -2.39. The van der Waals surface area contributed by atoms with Gasteiger partial charge in [-0.3, -0.25) is 0 Å². The lowest BCUT2D eigenvalue weighted by atomic mass is 9.73. The SMILES string of the molecule is CC1(C)CCCCC1NCCOc1ccccc1C(=O)O. The number of ether oxygens (including phenoxy) is 1. The first-order valence-electron chi connectivity index (χ1n) is 7.69. The van der Waals surface area contributed by atoms with Gasteiger partial charge in [0.2, 0.25) is 0 Å². The number of nitrogens with one attached hydrogen (secondary N) is 1. The Morgan fingerprint density at radius 2 is 2.14 bits per heavy atom. The molecule has 1 aromatic carbocycles. The maximum absolute atomic E-state index is 11.1. The summed E-state index contributed by atoms with van der Waals surface area (Å²) in [6.07, 6.45) is 5.06. The fraction of sp³-hybridized carbons (Fsp3) is 0.588. The van der Waals surface area contributed by atoms with Crippen molar-refractivity contribution in [2.75, 3.05) is 13.2 Å². The van der Waals surface area contributed by atoms with Crippen molar-refractivity contribution >= 4 is 5.97 Å². The second-order valence-corrected chi connectivity index (χ2v) is 6.39. The molecular formula is C17H25NO3. The Morgan fingerprint density at radius 3 is 2.86 bits per heavy atom. The average molecular weight is 291 g/mol. The molecule has 21 heavy (non-hydrogen) atoms. The molecule has 2 rings (SSSR count). The van der Waals surface area contributed by atoms with E-state index >= 15 is 0 Å². The highest BCUT2D eigenvalue weighted by Crippen LogP contribution is 2.35. The molecule has 2 N–H and O–H groups in total. The van der Waals surface area contributed by atoms with Crippen molar-refractivity contribution in [3.63, 3.8) is 0 Å². The van der Waals surface area contributed by atoms with E-state index in [9.17, 15) is 4.79 Å². The summed E-state index contributed by atoms with van der Waals surface area (Å²) in [6, 6.07) is 7.28. The van der Waals surface area contributed by atoms with Crippen LogP contribution >= 0.6 is 0 Å². The largest absolute Gasteiger partial charge is 0.491 e. The molecule has 1 aliphatic rings. The molecule has 1 unspecified atom stereocenters. The van der Waals surface area contributed by atoms with Gasteiger partial charge in [0.1, 0.15) is 17.9 Å². The van der Waals surface area contributed by atoms with Crippen molar-refractivity contribution in [1.29, 1.82) is 0 Å². The van der Waals surface area contributed by atoms with Gasteiger partial charge in [0.05, 0.1) is 0 Å². The number of para-hydroxylation sites is 1. The quantitative estimate of drug-likeness (QED) is 0.789. The predicted octanol–water partition coefficient (Wildman–Crippen LogP) is 3.32. The number of carbonyl (C=O) groups is 1. The van der Waals surface area contributed by atoms with Gasteiger partial charge in [-0.2, -0.15) is 0 Å². The van der Waals surface area contributed by atoms with Crippen molar-refractivity contribution in [2.24, 2.45) is 5.41 Å². The second kappa shape index (κ2) is 6.94. The van der Waals surface area contributed by atoms with Crippen molar-refractivity contribution in [3.05, 3.63) is 29.8 Å². The van der Waals surface area contributed by atoms with Crippen LogP contribution in [0, 0.1) is 5.41 Å². The van der Waals surface area contributed by atoms with E-state index in [0.29, 0.717) is 23.8 Å². The van der Waals surface area contributed by atoms with Gasteiger partial charge in [-0.15, -0.1) is 0 Å². The molecule has 0 aromatic heterocycles. The van der Waals surface area contributed by atoms with Gasteiger partial charge in [-0.05, 0) is 30.4 Å². The predicted molar refractivity (Wildman–Crippen MR) is 82.9 cm³/mol. The van der Waals surface area contributed by atoms with Gasteiger partial charge in [0.15, 0.2) is 0 Å². The summed E-state index contributed by atoms with van der Waals surface area (Å²) in [5, 5.41) is 12.7. The number of hydrogen-bond acceptors (Lipinski definition) is 3. The van der Waals surface area contributed by atoms with Crippen LogP contribution in [0.1, 0.15) is 49.9 Å². The zero-order valence-corrected chi connectivity index (χ0v) is 12.9. The van der Waals surface area contributed by atoms with Crippen molar-refractivity contribution in [1.82, 2.24) is 5.32 Å². The first kappa shape index (κ1) is 15.8. The summed E-state index contributed by atoms with van der Waals surface area (Å²) < 4.78 is 5.61. The van der Waals surface area contributed by atoms with E-state index in [0.717, 1.165) is 6.54 Å². The number of carboxylic acids is 1. The Bertz CT molecular complexity index is 485. The van der Waals surface area contributed by atoms with Gasteiger partial charge in [-0.1, -0.05) is 38.8 Å². The monoisotopic (exact) mass is 291 g/mol. The number of carboxylic acid groups (broad SMARTS) is 1. The summed E-state index contributed by atoms with van der Waals surface area (Å²) in [5.74, 6) is -0.512. The Kier molecular flexibility index (Phi) is 5.23. The summed E-state index contributed by atoms with van der Waals surface area (Å²) in [4.78, 5) is 11.1. The fourth-order valence-corrected chi connectivity index (χ4v) is 3.04. The standard InChI is InChI=1S/C17H25NO3/c1-17(2)10-6-5-9-15(17)18-11-12-21-14-8-4-3-7-13(14)16(19)20/h3-4,7-8,15,18H,5-6,9-12H2,1-2H3,(H,19,20). The van der Waals surface area contributed by atoms with E-state index in [-0.39, 0.29) is 5.56 Å². The van der Waals surface area contributed by atoms with Crippen molar-refractivity contribution in [2.45, 2.75) is 45.6 Å². The van der Waals surface area contributed by atoms with Crippen LogP contribution in [0.5, 0.6) is 5.75 Å². The highest BCUT2D eigenvalue weighted by molar-refractivity contribution is 5.90. The van der Waals surface area contributed by atoms with E-state index in [4.69, 9.17) is 9.84 Å². The maximum atomic E-state index is 11.1. The van der Waals surface area contributed by atoms with Crippen LogP contribution in [0.2, 0.25) is 0 Å². The Labute approximate surface area is 126 Å². The van der Waals surface area contributed by atoms with Gasteiger partial charge < -0.3 is 15.2 Å². The topological polar surface area (TPSA) is 58.6 Å². The molecular weight excluding hydrogens is 266 g/mol. The summed E-state index contributed by atoms with van der Waals surface area (Å²) in [5.41, 5.74) is 0.549. The molecule has 0 aliphatic heterocycles. The minimum absolute atomic E-state index is 0.218. The average Bonchev–Trinajstić information content (AvgIpc) is 2.45. The van der Waals surface area contributed by atoms with E-state index in [1.807, 2.05) is 0 Å². The van der Waals surface area contributed by atoms with E-state index in [2.05, 4.69) is 19.2 Å². The second-order valence-electron chi connectivity index (χ2n) is 6.39. The Balaban J connectivity index is 1.81. The van der Waals surface area contributed by atoms with Gasteiger partial charge in [-0.25, -0.2) is 4.79 Å². The number of rotatable bonds is 6. The number of hydrogen-bond donors (Lipinski definition) is 2. The molecule has 0 saturated heterocycles. The lowest BCUT2D eigenvalue weighted by molar-refractivity contribution is 0.0692. The molecule has 1 fully saturated rings. The molecule has 1 saturated carbocycles. The summed E-state index contributed by atoms with van der Waals surface area (Å²) >= 11 is 0. The third kappa shape index (κ3) is 4.21. The third-order valence-electron chi connectivity index (χ3n) is 4.38. The highest BCUT2D eigenvalue weighted by Gasteiger charge is 2.31. The maximum Gasteiger partial charge on any atom is 0.339 e. The Hall–Kier alpha value is -1.55. The first-order chi connectivity index (χ1) is 10.0. The van der Waals surface area contributed by atoms with E-state index in [1.165, 1.54) is 25.7 Å². The van der Waals surface area contributed by atoms with Crippen LogP contribution in [0.4, 0.5) is 0 Å². The number of aromatic carboxylic acids is 1. The van der Waals surface area contributed by atoms with Crippen LogP contribution in [0.15, 0.2) is 24.3 Å². The summed E-state index contributed by atoms with van der Waals surface area (Å²) in [7, 11) is 0. The normalized spacial score (nSPS) is 21.0. The van der Waals surface area contributed by atoms with Crippen LogP contribution in [0.25, 0.3) is 0 Å². The zero-order valence-electron chi connectivity index (χ0n) is 12.9. The molecule has 4 heteroatoms. The Morgan fingerprint density at radius 1 is 1.38 bits per heavy atom. The van der Waals surface area contributed by atoms with Crippen LogP contribution in [-0.2, 0) is 0 Å². The molecule has 0 bridgehead atoms. The minimum atomic E-state index is -0.952. The molecule has 116 valence electrons. The summed E-state index contributed by atoms with van der Waals surface area (Å²) in [6.45, 7) is 5.84. The molecule has 1 atom stereocenters. The zero-order chi connectivity index (χ0) is 15.3. The first-order valence-corrected chi connectivity index (χ1v) is 7.69. The van der Waals surface area contributed by atoms with Crippen LogP contribution in [0.3, 0.4) is 0 Å². The van der Waals surface area contributed by atoms with Gasteiger partial charge >= 0.3 is 5.97 Å². The fourth-order valence-electron chi connectivity index (χ4n) is 3.04. The molecule has 1 aliphatic carbocycles. The smallest absolute Gasteiger partial charge is 0.339 e. The van der Waals surface area contributed by atoms with Gasteiger partial charge in [0.25, 0.3) is 0 Å². The molecule has 4 nitrogen and oxygen atoms in total. The van der Waals surface area contributed by atoms with Crippen molar-refractivity contribution < 1.29 is 14.6 Å². The molecule has 0 heterocycles. The lowest BCUT2D eigenvalue weighted by Crippen LogP contribution is -2.45. The van der Waals surface area contributed by atoms with E-state index in [1.54, 1.807) is 24.3 Å². The third-order valence-corrected chi connectivity index (χ3v) is 4.38. The molecule has 0 radical (unpaired) electrons. The molecule has 1 aromatic rings. The van der Waals surface area contributed by atoms with E-state index < -0.39 is 5.97 Å². The molecule has 0 spiro atoms. The van der Waals surface area contributed by atoms with Gasteiger partial charge in [0, 0.05) is 12.6 Å². The molecule has 0 amide bonds. The van der Waals surface area contributed by atoms with Crippen LogP contribution in [-0.4, -0.2) is 30.3 Å². The highest BCUT2D eigenvalue weighted by atomic mass is 16.5. The number of benzene rings is 1.